The van der Waals surface area contributed by atoms with Crippen LogP contribution in [0.4, 0.5) is 5.82 Å². The van der Waals surface area contributed by atoms with Gasteiger partial charge in [-0.05, 0) is 48.1 Å². The average molecular weight is 304 g/mol. The van der Waals surface area contributed by atoms with Gasteiger partial charge in [-0.2, -0.15) is 0 Å². The molecule has 1 aromatic rings. The average Bonchev–Trinajstić information content (AvgIpc) is 2.90. The zero-order valence-corrected chi connectivity index (χ0v) is 10.2. The molecule has 2 unspecified atom stereocenters. The van der Waals surface area contributed by atoms with Crippen molar-refractivity contribution < 1.29 is 5.11 Å². The smallest absolute Gasteiger partial charge is 0.126 e. The van der Waals surface area contributed by atoms with Crippen LogP contribution in [0, 0.1) is 16.4 Å². The first kappa shape index (κ1) is 10.2. The van der Waals surface area contributed by atoms with Crippen molar-refractivity contribution in [1.29, 1.82) is 0 Å². The van der Waals surface area contributed by atoms with Crippen molar-refractivity contribution in [3.8, 4) is 0 Å². The molecule has 0 aliphatic heterocycles. The summed E-state index contributed by atoms with van der Waals surface area (Å²) in [6.45, 7) is 2.28. The number of nitrogens with zero attached hydrogens (tertiary/aromatic N) is 1. The normalized spacial score (nSPS) is 24.8. The zero-order valence-electron chi connectivity index (χ0n) is 8.00. The van der Waals surface area contributed by atoms with Gasteiger partial charge in [0.15, 0.2) is 0 Å². The second-order valence-corrected chi connectivity index (χ2v) is 4.86. The number of halogens is 1. The molecule has 4 heteroatoms. The number of aryl methyl sites for hydroxylation is 1. The molecule has 1 saturated carbocycles. The van der Waals surface area contributed by atoms with Gasteiger partial charge in [0.25, 0.3) is 0 Å². The maximum atomic E-state index is 8.89. The molecule has 2 rings (SSSR count). The fourth-order valence-corrected chi connectivity index (χ4v) is 1.74. The molecule has 0 spiro atoms. The van der Waals surface area contributed by atoms with Crippen molar-refractivity contribution in [2.75, 3.05) is 11.9 Å². The molecule has 0 saturated heterocycles. The van der Waals surface area contributed by atoms with Crippen LogP contribution in [-0.4, -0.2) is 22.7 Å². The second kappa shape index (κ2) is 4.02. The van der Waals surface area contributed by atoms with Gasteiger partial charge in [-0.15, -0.1) is 0 Å². The third kappa shape index (κ3) is 2.17. The summed E-state index contributed by atoms with van der Waals surface area (Å²) < 4.78 is 1.18. The lowest BCUT2D eigenvalue weighted by Gasteiger charge is -2.05. The first-order chi connectivity index (χ1) is 6.70. The van der Waals surface area contributed by atoms with Crippen molar-refractivity contribution in [1.82, 2.24) is 4.98 Å². The first-order valence-corrected chi connectivity index (χ1v) is 5.79. The molecule has 14 heavy (non-hydrogen) atoms. The van der Waals surface area contributed by atoms with E-state index in [1.165, 1.54) is 3.57 Å². The Hall–Kier alpha value is -0.360. The van der Waals surface area contributed by atoms with Crippen LogP contribution < -0.4 is 5.32 Å². The summed E-state index contributed by atoms with van der Waals surface area (Å²) in [7, 11) is 0. The van der Waals surface area contributed by atoms with E-state index < -0.39 is 0 Å². The molecule has 2 atom stereocenters. The van der Waals surface area contributed by atoms with E-state index in [0.717, 1.165) is 17.9 Å². The minimum Gasteiger partial charge on any atom is -0.396 e. The Balaban J connectivity index is 2.00. The van der Waals surface area contributed by atoms with Gasteiger partial charge in [0.2, 0.25) is 0 Å². The van der Waals surface area contributed by atoms with Crippen LogP contribution in [0.5, 0.6) is 0 Å². The molecule has 1 heterocycles. The lowest BCUT2D eigenvalue weighted by molar-refractivity contribution is 0.275. The highest BCUT2D eigenvalue weighted by Gasteiger charge is 2.36. The summed E-state index contributed by atoms with van der Waals surface area (Å²) in [4.78, 5) is 4.42. The standard InChI is InChI=1S/C10H13IN2O/c1-6-8(11)2-3-10(12-6)13-9-4-7(9)5-14/h2-3,7,9,14H,4-5H2,1H3,(H,12,13). The predicted molar refractivity (Wildman–Crippen MR) is 64.3 cm³/mol. The minimum atomic E-state index is 0.279. The number of anilines is 1. The van der Waals surface area contributed by atoms with Crippen LogP contribution in [0.15, 0.2) is 12.1 Å². The molecule has 0 amide bonds. The van der Waals surface area contributed by atoms with Gasteiger partial charge in [-0.25, -0.2) is 4.98 Å². The summed E-state index contributed by atoms with van der Waals surface area (Å²) in [5.74, 6) is 1.35. The van der Waals surface area contributed by atoms with Gasteiger partial charge in [0, 0.05) is 22.1 Å². The molecule has 76 valence electrons. The van der Waals surface area contributed by atoms with Gasteiger partial charge in [0.1, 0.15) is 5.82 Å². The lowest BCUT2D eigenvalue weighted by Crippen LogP contribution is -2.08. The van der Waals surface area contributed by atoms with Crippen molar-refractivity contribution >= 4 is 28.4 Å². The van der Waals surface area contributed by atoms with E-state index in [1.54, 1.807) is 0 Å². The molecule has 0 bridgehead atoms. The summed E-state index contributed by atoms with van der Waals surface area (Å²) in [5.41, 5.74) is 1.05. The fourth-order valence-electron chi connectivity index (χ4n) is 1.44. The molecular formula is C10H13IN2O. The zero-order chi connectivity index (χ0) is 10.1. The quantitative estimate of drug-likeness (QED) is 0.837. The third-order valence-corrected chi connectivity index (χ3v) is 3.65. The van der Waals surface area contributed by atoms with E-state index in [0.29, 0.717) is 12.0 Å². The highest BCUT2D eigenvalue weighted by Crippen LogP contribution is 2.32. The van der Waals surface area contributed by atoms with Gasteiger partial charge in [-0.1, -0.05) is 0 Å². The maximum absolute atomic E-state index is 8.89. The Morgan fingerprint density at radius 2 is 2.43 bits per heavy atom. The Bertz CT molecular complexity index is 343. The van der Waals surface area contributed by atoms with Crippen LogP contribution >= 0.6 is 22.6 Å². The molecule has 3 nitrogen and oxygen atoms in total. The third-order valence-electron chi connectivity index (χ3n) is 2.51. The highest BCUT2D eigenvalue weighted by atomic mass is 127. The van der Waals surface area contributed by atoms with E-state index in [4.69, 9.17) is 5.11 Å². The highest BCUT2D eigenvalue weighted by molar-refractivity contribution is 14.1. The molecular weight excluding hydrogens is 291 g/mol. The Morgan fingerprint density at radius 1 is 1.64 bits per heavy atom. The molecule has 0 aromatic carbocycles. The van der Waals surface area contributed by atoms with Crippen LogP contribution in [0.25, 0.3) is 0 Å². The fraction of sp³-hybridized carbons (Fsp3) is 0.500. The summed E-state index contributed by atoms with van der Waals surface area (Å²) in [5, 5.41) is 12.2. The maximum Gasteiger partial charge on any atom is 0.126 e. The SMILES string of the molecule is Cc1nc(NC2CC2CO)ccc1I. The van der Waals surface area contributed by atoms with Crippen LogP contribution in [-0.2, 0) is 0 Å². The molecule has 0 radical (unpaired) electrons. The molecule has 2 N–H and O–H groups in total. The number of nitrogens with one attached hydrogen (secondary N) is 1. The summed E-state index contributed by atoms with van der Waals surface area (Å²) in [6.07, 6.45) is 1.06. The molecule has 1 aliphatic rings. The van der Waals surface area contributed by atoms with E-state index in [-0.39, 0.29) is 6.61 Å². The second-order valence-electron chi connectivity index (χ2n) is 3.69. The first-order valence-electron chi connectivity index (χ1n) is 4.71. The number of hydrogen-bond acceptors (Lipinski definition) is 3. The summed E-state index contributed by atoms with van der Waals surface area (Å²) >= 11 is 2.27. The van der Waals surface area contributed by atoms with Gasteiger partial charge in [0.05, 0.1) is 5.69 Å². The van der Waals surface area contributed by atoms with Gasteiger partial charge < -0.3 is 10.4 Å². The largest absolute Gasteiger partial charge is 0.396 e. The number of hydrogen-bond donors (Lipinski definition) is 2. The van der Waals surface area contributed by atoms with E-state index in [9.17, 15) is 0 Å². The number of aromatic nitrogens is 1. The van der Waals surface area contributed by atoms with E-state index in [1.807, 2.05) is 13.0 Å². The van der Waals surface area contributed by atoms with E-state index in [2.05, 4.69) is 39.0 Å². The van der Waals surface area contributed by atoms with E-state index >= 15 is 0 Å². The van der Waals surface area contributed by atoms with Crippen molar-refractivity contribution in [3.05, 3.63) is 21.4 Å². The lowest BCUT2D eigenvalue weighted by atomic mass is 10.3. The Kier molecular flexibility index (Phi) is 2.92. The monoisotopic (exact) mass is 304 g/mol. The molecule has 1 fully saturated rings. The number of pyridine rings is 1. The van der Waals surface area contributed by atoms with Crippen molar-refractivity contribution in [2.24, 2.45) is 5.92 Å². The molecule has 1 aliphatic carbocycles. The Morgan fingerprint density at radius 3 is 3.00 bits per heavy atom. The minimum absolute atomic E-state index is 0.279. The Labute approximate surface area is 97.1 Å². The van der Waals surface area contributed by atoms with Crippen LogP contribution in [0.2, 0.25) is 0 Å². The predicted octanol–water partition coefficient (Wildman–Crippen LogP) is 1.79. The van der Waals surface area contributed by atoms with Crippen molar-refractivity contribution in [2.45, 2.75) is 19.4 Å². The number of rotatable bonds is 3. The number of aliphatic hydroxyl groups is 1. The summed E-state index contributed by atoms with van der Waals surface area (Å²) in [6, 6.07) is 4.47. The van der Waals surface area contributed by atoms with Crippen LogP contribution in [0.3, 0.4) is 0 Å². The topological polar surface area (TPSA) is 45.2 Å². The van der Waals surface area contributed by atoms with Gasteiger partial charge >= 0.3 is 0 Å². The molecule has 1 aromatic heterocycles. The van der Waals surface area contributed by atoms with Crippen LogP contribution in [0.1, 0.15) is 12.1 Å². The van der Waals surface area contributed by atoms with Gasteiger partial charge in [-0.3, -0.25) is 0 Å². The number of aliphatic hydroxyl groups excluding tert-OH is 1. The van der Waals surface area contributed by atoms with Crippen molar-refractivity contribution in [3.63, 3.8) is 0 Å².